The van der Waals surface area contributed by atoms with E-state index >= 15 is 0 Å². The first-order chi connectivity index (χ1) is 9.95. The quantitative estimate of drug-likeness (QED) is 0.836. The Balaban J connectivity index is 2.08. The molecule has 0 radical (unpaired) electrons. The Kier molecular flexibility index (Phi) is 4.85. The minimum Gasteiger partial charge on any atom is -0.478 e. The Morgan fingerprint density at radius 2 is 2.24 bits per heavy atom. The van der Waals surface area contributed by atoms with Crippen molar-refractivity contribution in [1.29, 1.82) is 0 Å². The highest BCUT2D eigenvalue weighted by Gasteiger charge is 2.24. The second-order valence-corrected chi connectivity index (χ2v) is 5.42. The van der Waals surface area contributed by atoms with Crippen molar-refractivity contribution in [3.8, 4) is 0 Å². The summed E-state index contributed by atoms with van der Waals surface area (Å²) in [5.74, 6) is -1.02. The van der Waals surface area contributed by atoms with Crippen molar-refractivity contribution in [2.24, 2.45) is 0 Å². The maximum absolute atomic E-state index is 11.1. The van der Waals surface area contributed by atoms with Gasteiger partial charge in [-0.25, -0.2) is 4.79 Å². The minimum atomic E-state index is -0.993. The van der Waals surface area contributed by atoms with Crippen LogP contribution in [-0.4, -0.2) is 36.1 Å². The third kappa shape index (κ3) is 4.23. The number of amides is 1. The number of nitrogens with one attached hydrogen (secondary N) is 1. The van der Waals surface area contributed by atoms with E-state index in [-0.39, 0.29) is 11.9 Å². The molecule has 0 bridgehead atoms. The number of aliphatic carboxylic acids is 1. The van der Waals surface area contributed by atoms with Gasteiger partial charge in [0.05, 0.1) is 10.7 Å². The van der Waals surface area contributed by atoms with E-state index < -0.39 is 5.97 Å². The lowest BCUT2D eigenvalue weighted by molar-refractivity contribution is -0.131. The van der Waals surface area contributed by atoms with E-state index in [0.29, 0.717) is 5.02 Å². The number of hydrogen-bond donors (Lipinski definition) is 2. The van der Waals surface area contributed by atoms with Crippen molar-refractivity contribution in [1.82, 2.24) is 5.32 Å². The molecule has 1 aliphatic rings. The molecule has 112 valence electrons. The van der Waals surface area contributed by atoms with E-state index in [0.717, 1.165) is 36.8 Å². The number of carboxylic acids is 1. The van der Waals surface area contributed by atoms with Gasteiger partial charge in [0, 0.05) is 32.1 Å². The van der Waals surface area contributed by atoms with Gasteiger partial charge in [0.15, 0.2) is 0 Å². The third-order valence-electron chi connectivity index (χ3n) is 3.33. The first-order valence-electron chi connectivity index (χ1n) is 6.68. The van der Waals surface area contributed by atoms with E-state index in [4.69, 9.17) is 16.7 Å². The van der Waals surface area contributed by atoms with Crippen LogP contribution in [0.25, 0.3) is 6.08 Å². The van der Waals surface area contributed by atoms with Gasteiger partial charge in [-0.15, -0.1) is 0 Å². The molecule has 1 saturated heterocycles. The van der Waals surface area contributed by atoms with Gasteiger partial charge < -0.3 is 15.3 Å². The van der Waals surface area contributed by atoms with Crippen LogP contribution in [0.4, 0.5) is 5.69 Å². The fourth-order valence-corrected chi connectivity index (χ4v) is 2.74. The highest BCUT2D eigenvalue weighted by atomic mass is 35.5. The van der Waals surface area contributed by atoms with Gasteiger partial charge in [-0.1, -0.05) is 17.7 Å². The zero-order valence-electron chi connectivity index (χ0n) is 11.7. The van der Waals surface area contributed by atoms with Crippen LogP contribution < -0.4 is 10.2 Å². The summed E-state index contributed by atoms with van der Waals surface area (Å²) in [4.78, 5) is 23.7. The summed E-state index contributed by atoms with van der Waals surface area (Å²) in [7, 11) is 0. The molecule has 1 amide bonds. The van der Waals surface area contributed by atoms with Crippen molar-refractivity contribution in [2.45, 2.75) is 19.4 Å². The smallest absolute Gasteiger partial charge is 0.328 e. The number of anilines is 1. The van der Waals surface area contributed by atoms with E-state index in [1.54, 1.807) is 6.07 Å². The average Bonchev–Trinajstić information content (AvgIpc) is 2.83. The van der Waals surface area contributed by atoms with Crippen LogP contribution in [0.3, 0.4) is 0 Å². The molecule has 1 heterocycles. The number of carbonyl (C=O) groups excluding carboxylic acids is 1. The van der Waals surface area contributed by atoms with Crippen molar-refractivity contribution < 1.29 is 14.7 Å². The molecule has 0 saturated carbocycles. The number of rotatable bonds is 4. The lowest BCUT2D eigenvalue weighted by atomic mass is 10.2. The maximum atomic E-state index is 11.1. The van der Waals surface area contributed by atoms with Gasteiger partial charge in [-0.3, -0.25) is 4.79 Å². The Labute approximate surface area is 128 Å². The van der Waals surface area contributed by atoms with Gasteiger partial charge in [-0.2, -0.15) is 0 Å². The van der Waals surface area contributed by atoms with Crippen LogP contribution in [0.5, 0.6) is 0 Å². The molecule has 2 N–H and O–H groups in total. The van der Waals surface area contributed by atoms with Crippen LogP contribution >= 0.6 is 11.6 Å². The Morgan fingerprint density at radius 3 is 2.86 bits per heavy atom. The molecule has 1 unspecified atom stereocenters. The molecule has 0 aromatic heterocycles. The predicted molar refractivity (Wildman–Crippen MR) is 82.6 cm³/mol. The van der Waals surface area contributed by atoms with E-state index in [9.17, 15) is 9.59 Å². The third-order valence-corrected chi connectivity index (χ3v) is 3.63. The standard InChI is InChI=1S/C15H17ClN2O3/c1-10(19)17-12-6-7-18(9-12)14-4-2-11(8-13(14)16)3-5-15(20)21/h2-5,8,12H,6-7,9H2,1H3,(H,17,19)(H,20,21)/b5-3+. The largest absolute Gasteiger partial charge is 0.478 e. The van der Waals surface area contributed by atoms with Crippen LogP contribution in [0.2, 0.25) is 5.02 Å². The summed E-state index contributed by atoms with van der Waals surface area (Å²) in [5.41, 5.74) is 1.64. The zero-order chi connectivity index (χ0) is 15.4. The molecule has 1 fully saturated rings. The van der Waals surface area contributed by atoms with Crippen LogP contribution in [0, 0.1) is 0 Å². The van der Waals surface area contributed by atoms with Gasteiger partial charge in [-0.05, 0) is 30.2 Å². The number of carbonyl (C=O) groups is 2. The van der Waals surface area contributed by atoms with Crippen LogP contribution in [0.15, 0.2) is 24.3 Å². The summed E-state index contributed by atoms with van der Waals surface area (Å²) in [5, 5.41) is 12.1. The topological polar surface area (TPSA) is 69.6 Å². The molecular formula is C15H17ClN2O3. The summed E-state index contributed by atoms with van der Waals surface area (Å²) in [6, 6.07) is 5.58. The van der Waals surface area contributed by atoms with E-state index in [1.807, 2.05) is 12.1 Å². The molecule has 1 aromatic carbocycles. The second-order valence-electron chi connectivity index (χ2n) is 5.01. The lowest BCUT2D eigenvalue weighted by Crippen LogP contribution is -2.35. The molecule has 1 aromatic rings. The summed E-state index contributed by atoms with van der Waals surface area (Å²) < 4.78 is 0. The van der Waals surface area contributed by atoms with Gasteiger partial charge in [0.2, 0.25) is 5.91 Å². The maximum Gasteiger partial charge on any atom is 0.328 e. The Bertz CT molecular complexity index is 586. The zero-order valence-corrected chi connectivity index (χ0v) is 12.4. The molecule has 2 rings (SSSR count). The monoisotopic (exact) mass is 308 g/mol. The molecular weight excluding hydrogens is 292 g/mol. The highest BCUT2D eigenvalue weighted by Crippen LogP contribution is 2.30. The van der Waals surface area contributed by atoms with Gasteiger partial charge >= 0.3 is 5.97 Å². The fraction of sp³-hybridized carbons (Fsp3) is 0.333. The number of nitrogens with zero attached hydrogens (tertiary/aromatic N) is 1. The summed E-state index contributed by atoms with van der Waals surface area (Å²) in [6.45, 7) is 3.07. The first-order valence-corrected chi connectivity index (χ1v) is 7.06. The van der Waals surface area contributed by atoms with E-state index in [2.05, 4.69) is 10.2 Å². The minimum absolute atomic E-state index is 0.0258. The number of carboxylic acid groups (broad SMARTS) is 1. The molecule has 21 heavy (non-hydrogen) atoms. The molecule has 5 nitrogen and oxygen atoms in total. The first kappa shape index (κ1) is 15.4. The Hall–Kier alpha value is -2.01. The molecule has 1 aliphatic heterocycles. The molecule has 6 heteroatoms. The molecule has 0 spiro atoms. The van der Waals surface area contributed by atoms with Crippen LogP contribution in [0.1, 0.15) is 18.9 Å². The normalized spacial score (nSPS) is 18.2. The second kappa shape index (κ2) is 6.63. The molecule has 0 aliphatic carbocycles. The van der Waals surface area contributed by atoms with E-state index in [1.165, 1.54) is 13.0 Å². The van der Waals surface area contributed by atoms with Crippen molar-refractivity contribution in [3.63, 3.8) is 0 Å². The Morgan fingerprint density at radius 1 is 1.48 bits per heavy atom. The van der Waals surface area contributed by atoms with Gasteiger partial charge in [0.1, 0.15) is 0 Å². The highest BCUT2D eigenvalue weighted by molar-refractivity contribution is 6.33. The SMILES string of the molecule is CC(=O)NC1CCN(c2ccc(/C=C/C(=O)O)cc2Cl)C1. The lowest BCUT2D eigenvalue weighted by Gasteiger charge is -2.20. The summed E-state index contributed by atoms with van der Waals surface area (Å²) in [6.07, 6.45) is 3.46. The predicted octanol–water partition coefficient (Wildman–Crippen LogP) is 2.15. The number of hydrogen-bond acceptors (Lipinski definition) is 3. The van der Waals surface area contributed by atoms with Crippen molar-refractivity contribution in [3.05, 3.63) is 34.9 Å². The number of benzene rings is 1. The van der Waals surface area contributed by atoms with Crippen molar-refractivity contribution in [2.75, 3.05) is 18.0 Å². The van der Waals surface area contributed by atoms with Crippen molar-refractivity contribution >= 4 is 35.2 Å². The number of halogens is 1. The average molecular weight is 309 g/mol. The molecule has 1 atom stereocenters. The summed E-state index contributed by atoms with van der Waals surface area (Å²) >= 11 is 6.27. The fourth-order valence-electron chi connectivity index (χ4n) is 2.44. The van der Waals surface area contributed by atoms with Gasteiger partial charge in [0.25, 0.3) is 0 Å². The van der Waals surface area contributed by atoms with Crippen LogP contribution in [-0.2, 0) is 9.59 Å².